The minimum absolute atomic E-state index is 0.120. The zero-order valence-electron chi connectivity index (χ0n) is 16.6. The van der Waals surface area contributed by atoms with Crippen molar-refractivity contribution in [3.05, 3.63) is 64.4 Å². The van der Waals surface area contributed by atoms with Crippen LogP contribution in [0.3, 0.4) is 0 Å². The summed E-state index contributed by atoms with van der Waals surface area (Å²) in [5.41, 5.74) is 7.27. The van der Waals surface area contributed by atoms with Gasteiger partial charge in [0.25, 0.3) is 5.56 Å². The molecule has 0 saturated heterocycles. The molecule has 0 unspecified atom stereocenters. The van der Waals surface area contributed by atoms with E-state index in [0.717, 1.165) is 10.5 Å². The molecule has 0 aliphatic carbocycles. The molecule has 4 N–H and O–H groups in total. The van der Waals surface area contributed by atoms with Gasteiger partial charge in [0, 0.05) is 30.1 Å². The van der Waals surface area contributed by atoms with Gasteiger partial charge in [-0.25, -0.2) is 4.79 Å². The lowest BCUT2D eigenvalue weighted by Crippen LogP contribution is -2.34. The van der Waals surface area contributed by atoms with Crippen molar-refractivity contribution >= 4 is 28.5 Å². The molecule has 3 aromatic rings. The summed E-state index contributed by atoms with van der Waals surface area (Å²) in [6.45, 7) is 4.32. The Morgan fingerprint density at radius 3 is 2.38 bits per heavy atom. The standard InChI is InChI=1S/C22H24N4O3/c1-13(2)12-26-20(25(3)22(28)29)18(14-7-5-4-6-8-14)17-11-15(19(23)24)9-10-16(17)21(26)27/h4-11,13H,12H2,1-3H3,(H3,23,24)(H,28,29). The van der Waals surface area contributed by atoms with Crippen molar-refractivity contribution in [1.82, 2.24) is 4.57 Å². The number of benzene rings is 2. The maximum Gasteiger partial charge on any atom is 0.412 e. The summed E-state index contributed by atoms with van der Waals surface area (Å²) in [6.07, 6.45) is -1.17. The Labute approximate surface area is 168 Å². The highest BCUT2D eigenvalue weighted by atomic mass is 16.4. The van der Waals surface area contributed by atoms with Crippen molar-refractivity contribution in [2.75, 3.05) is 11.9 Å². The van der Waals surface area contributed by atoms with Crippen molar-refractivity contribution in [3.63, 3.8) is 0 Å². The number of aromatic nitrogens is 1. The molecule has 2 aromatic carbocycles. The zero-order valence-corrected chi connectivity index (χ0v) is 16.6. The molecule has 0 aliphatic rings. The van der Waals surface area contributed by atoms with E-state index in [4.69, 9.17) is 11.1 Å². The minimum Gasteiger partial charge on any atom is -0.465 e. The first-order valence-electron chi connectivity index (χ1n) is 9.29. The second-order valence-electron chi connectivity index (χ2n) is 7.39. The molecular weight excluding hydrogens is 368 g/mol. The van der Waals surface area contributed by atoms with E-state index in [1.54, 1.807) is 18.2 Å². The molecule has 1 heterocycles. The van der Waals surface area contributed by atoms with Gasteiger partial charge in [-0.2, -0.15) is 0 Å². The van der Waals surface area contributed by atoms with Gasteiger partial charge in [-0.15, -0.1) is 0 Å². The fourth-order valence-electron chi connectivity index (χ4n) is 3.47. The molecule has 7 nitrogen and oxygen atoms in total. The third-order valence-electron chi connectivity index (χ3n) is 4.77. The Balaban J connectivity index is 2.57. The van der Waals surface area contributed by atoms with Crippen molar-refractivity contribution in [1.29, 1.82) is 5.41 Å². The first kappa shape index (κ1) is 20.1. The normalized spacial score (nSPS) is 11.0. The highest BCUT2D eigenvalue weighted by Gasteiger charge is 2.24. The maximum absolute atomic E-state index is 13.3. The lowest BCUT2D eigenvalue weighted by Gasteiger charge is -2.26. The Kier molecular flexibility index (Phi) is 5.41. The third kappa shape index (κ3) is 3.71. The molecule has 0 fully saturated rings. The first-order valence-corrected chi connectivity index (χ1v) is 9.29. The topological polar surface area (TPSA) is 112 Å². The van der Waals surface area contributed by atoms with E-state index in [9.17, 15) is 14.7 Å². The molecule has 0 radical (unpaired) electrons. The summed E-state index contributed by atoms with van der Waals surface area (Å²) in [5.74, 6) is 0.312. The van der Waals surface area contributed by atoms with Crippen molar-refractivity contribution in [2.45, 2.75) is 20.4 Å². The van der Waals surface area contributed by atoms with Gasteiger partial charge in [0.2, 0.25) is 0 Å². The number of fused-ring (bicyclic) bond motifs is 1. The third-order valence-corrected chi connectivity index (χ3v) is 4.77. The molecule has 0 saturated carbocycles. The number of carboxylic acid groups (broad SMARTS) is 1. The Morgan fingerprint density at radius 2 is 1.83 bits per heavy atom. The number of amides is 1. The number of amidine groups is 1. The zero-order chi connectivity index (χ0) is 21.3. The molecule has 29 heavy (non-hydrogen) atoms. The Morgan fingerprint density at radius 1 is 1.17 bits per heavy atom. The van der Waals surface area contributed by atoms with Crippen molar-refractivity contribution < 1.29 is 9.90 Å². The van der Waals surface area contributed by atoms with E-state index in [-0.39, 0.29) is 17.3 Å². The molecule has 1 aromatic heterocycles. The van der Waals surface area contributed by atoms with Gasteiger partial charge in [-0.3, -0.25) is 19.7 Å². The minimum atomic E-state index is -1.17. The van der Waals surface area contributed by atoms with Crippen LogP contribution >= 0.6 is 0 Å². The molecule has 0 aliphatic heterocycles. The van der Waals surface area contributed by atoms with Crippen LogP contribution in [0.1, 0.15) is 19.4 Å². The second kappa shape index (κ2) is 7.79. The van der Waals surface area contributed by atoms with Gasteiger partial charge in [-0.05, 0) is 29.0 Å². The molecule has 0 spiro atoms. The summed E-state index contributed by atoms with van der Waals surface area (Å²) in [4.78, 5) is 26.3. The number of nitrogens with two attached hydrogens (primary N) is 1. The summed E-state index contributed by atoms with van der Waals surface area (Å²) in [7, 11) is 1.43. The van der Waals surface area contributed by atoms with Crippen LogP contribution in [0.5, 0.6) is 0 Å². The smallest absolute Gasteiger partial charge is 0.412 e. The van der Waals surface area contributed by atoms with Crippen LogP contribution in [0.25, 0.3) is 21.9 Å². The van der Waals surface area contributed by atoms with E-state index in [0.29, 0.717) is 34.3 Å². The number of anilines is 1. The number of hydrogen-bond acceptors (Lipinski definition) is 3. The van der Waals surface area contributed by atoms with Crippen LogP contribution in [-0.2, 0) is 6.54 Å². The van der Waals surface area contributed by atoms with Crippen LogP contribution in [0.15, 0.2) is 53.3 Å². The molecular formula is C22H24N4O3. The average Bonchev–Trinajstić information content (AvgIpc) is 2.69. The molecule has 3 rings (SSSR count). The fourth-order valence-corrected chi connectivity index (χ4v) is 3.47. The SMILES string of the molecule is CC(C)Cn1c(N(C)C(=O)O)c(-c2ccccc2)c2cc(C(=N)N)ccc2c1=O. The summed E-state index contributed by atoms with van der Waals surface area (Å²) in [6, 6.07) is 14.3. The Bertz CT molecular complexity index is 1150. The molecule has 1 amide bonds. The first-order chi connectivity index (χ1) is 13.7. The lowest BCUT2D eigenvalue weighted by atomic mass is 9.96. The Hall–Kier alpha value is -3.61. The second-order valence-corrected chi connectivity index (χ2v) is 7.39. The van der Waals surface area contributed by atoms with Gasteiger partial charge in [0.05, 0.1) is 0 Å². The van der Waals surface area contributed by atoms with E-state index in [1.807, 2.05) is 44.2 Å². The van der Waals surface area contributed by atoms with E-state index >= 15 is 0 Å². The summed E-state index contributed by atoms with van der Waals surface area (Å²) < 4.78 is 1.52. The molecule has 150 valence electrons. The van der Waals surface area contributed by atoms with Gasteiger partial charge >= 0.3 is 6.09 Å². The number of rotatable bonds is 5. The summed E-state index contributed by atoms with van der Waals surface area (Å²) >= 11 is 0. The highest BCUT2D eigenvalue weighted by molar-refractivity contribution is 6.07. The number of carbonyl (C=O) groups is 1. The predicted octanol–water partition coefficient (Wildman–Crippen LogP) is 3.72. The van der Waals surface area contributed by atoms with Crippen molar-refractivity contribution in [2.24, 2.45) is 11.7 Å². The quantitative estimate of drug-likeness (QED) is 0.454. The van der Waals surface area contributed by atoms with Gasteiger partial charge < -0.3 is 10.8 Å². The molecule has 0 bridgehead atoms. The van der Waals surface area contributed by atoms with Crippen LogP contribution in [0, 0.1) is 11.3 Å². The summed E-state index contributed by atoms with van der Waals surface area (Å²) in [5, 5.41) is 18.5. The van der Waals surface area contributed by atoms with Gasteiger partial charge in [-0.1, -0.05) is 50.2 Å². The number of pyridine rings is 1. The lowest BCUT2D eigenvalue weighted by molar-refractivity contribution is 0.203. The molecule has 7 heteroatoms. The van der Waals surface area contributed by atoms with E-state index < -0.39 is 6.09 Å². The molecule has 0 atom stereocenters. The fraction of sp³-hybridized carbons (Fsp3) is 0.227. The monoisotopic (exact) mass is 392 g/mol. The van der Waals surface area contributed by atoms with Crippen LogP contribution in [0.2, 0.25) is 0 Å². The number of hydrogen-bond donors (Lipinski definition) is 3. The number of nitrogens with zero attached hydrogens (tertiary/aromatic N) is 2. The van der Waals surface area contributed by atoms with Crippen LogP contribution in [-0.4, -0.2) is 28.7 Å². The maximum atomic E-state index is 13.3. The largest absolute Gasteiger partial charge is 0.465 e. The number of nitrogen functional groups attached to an aromatic ring is 1. The van der Waals surface area contributed by atoms with Crippen LogP contribution in [0.4, 0.5) is 10.6 Å². The van der Waals surface area contributed by atoms with Crippen LogP contribution < -0.4 is 16.2 Å². The van der Waals surface area contributed by atoms with Gasteiger partial charge in [0.15, 0.2) is 0 Å². The highest BCUT2D eigenvalue weighted by Crippen LogP contribution is 2.36. The van der Waals surface area contributed by atoms with Crippen molar-refractivity contribution in [3.8, 4) is 11.1 Å². The predicted molar refractivity (Wildman–Crippen MR) is 116 cm³/mol. The van der Waals surface area contributed by atoms with E-state index in [2.05, 4.69) is 0 Å². The average molecular weight is 392 g/mol. The number of nitrogens with one attached hydrogen (secondary N) is 1. The van der Waals surface area contributed by atoms with E-state index in [1.165, 1.54) is 11.6 Å². The van der Waals surface area contributed by atoms with Gasteiger partial charge in [0.1, 0.15) is 11.7 Å².